The molecular formula is C18H17ClF3N3O2. The van der Waals surface area contributed by atoms with Gasteiger partial charge in [-0.15, -0.1) is 0 Å². The van der Waals surface area contributed by atoms with Crippen molar-refractivity contribution in [3.63, 3.8) is 0 Å². The summed E-state index contributed by atoms with van der Waals surface area (Å²) < 4.78 is 39.8. The Morgan fingerprint density at radius 2 is 1.89 bits per heavy atom. The number of anilines is 1. The van der Waals surface area contributed by atoms with Gasteiger partial charge in [-0.05, 0) is 44.0 Å². The smallest absolute Gasteiger partial charge is 0.326 e. The number of carbonyl (C=O) groups is 2. The minimum atomic E-state index is -4.39. The van der Waals surface area contributed by atoms with Gasteiger partial charge in [0.25, 0.3) is 0 Å². The molecule has 9 heteroatoms. The number of benzene rings is 1. The number of aromatic nitrogens is 2. The Labute approximate surface area is 158 Å². The Hall–Kier alpha value is -2.35. The van der Waals surface area contributed by atoms with E-state index in [1.165, 1.54) is 11.6 Å². The summed E-state index contributed by atoms with van der Waals surface area (Å²) in [4.78, 5) is 22.6. The van der Waals surface area contributed by atoms with Crippen molar-refractivity contribution in [2.75, 3.05) is 5.32 Å². The first kappa shape index (κ1) is 19.4. The van der Waals surface area contributed by atoms with E-state index >= 15 is 0 Å². The Morgan fingerprint density at radius 1 is 1.26 bits per heavy atom. The van der Waals surface area contributed by atoms with Gasteiger partial charge in [-0.3, -0.25) is 9.59 Å². The third kappa shape index (κ3) is 4.88. The van der Waals surface area contributed by atoms with Crippen molar-refractivity contribution < 1.29 is 22.8 Å². The van der Waals surface area contributed by atoms with Gasteiger partial charge in [-0.2, -0.15) is 18.3 Å². The fourth-order valence-electron chi connectivity index (χ4n) is 2.79. The zero-order valence-electron chi connectivity index (χ0n) is 14.4. The lowest BCUT2D eigenvalue weighted by Gasteiger charge is -2.09. The molecule has 144 valence electrons. The molecule has 1 aromatic heterocycles. The fraction of sp³-hybridized carbons (Fsp3) is 0.389. The highest BCUT2D eigenvalue weighted by Gasteiger charge is 2.36. The lowest BCUT2D eigenvalue weighted by Crippen LogP contribution is -2.14. The molecule has 0 unspecified atom stereocenters. The maximum absolute atomic E-state index is 12.8. The molecule has 3 rings (SSSR count). The first-order valence-electron chi connectivity index (χ1n) is 8.38. The van der Waals surface area contributed by atoms with E-state index in [9.17, 15) is 22.8 Å². The summed E-state index contributed by atoms with van der Waals surface area (Å²) in [7, 11) is 0. The number of alkyl halides is 3. The number of Topliss-reactive ketones (excluding diaryl/α,β-unsaturated/α-hetero) is 1. The number of halogens is 4. The van der Waals surface area contributed by atoms with Crippen LogP contribution >= 0.6 is 11.6 Å². The Bertz CT molecular complexity index is 871. The molecule has 1 N–H and O–H groups in total. The molecule has 0 radical (unpaired) electrons. The SMILES string of the molecule is CC(=O)CC(=O)Nc1ccc(-n2nc(CC(F)(F)F)c(Cl)c2C2CC2)cc1. The van der Waals surface area contributed by atoms with Crippen molar-refractivity contribution in [2.45, 2.75) is 44.7 Å². The lowest BCUT2D eigenvalue weighted by molar-refractivity contribution is -0.128. The minimum absolute atomic E-state index is 0.0636. The first-order valence-corrected chi connectivity index (χ1v) is 8.75. The molecule has 1 aliphatic carbocycles. The van der Waals surface area contributed by atoms with Crippen LogP contribution < -0.4 is 5.32 Å². The van der Waals surface area contributed by atoms with Crippen molar-refractivity contribution in [1.82, 2.24) is 9.78 Å². The number of hydrogen-bond donors (Lipinski definition) is 1. The van der Waals surface area contributed by atoms with Crippen LogP contribution in [-0.4, -0.2) is 27.6 Å². The standard InChI is InChI=1S/C18H17ClF3N3O2/c1-10(26)8-15(27)23-12-4-6-13(7-5-12)25-17(11-2-3-11)16(19)14(24-25)9-18(20,21)22/h4-7,11H,2-3,8-9H2,1H3,(H,23,27). The monoisotopic (exact) mass is 399 g/mol. The van der Waals surface area contributed by atoms with Gasteiger partial charge in [0.15, 0.2) is 0 Å². The Kier molecular flexibility index (Phi) is 5.28. The van der Waals surface area contributed by atoms with E-state index in [0.717, 1.165) is 12.8 Å². The fourth-order valence-corrected chi connectivity index (χ4v) is 3.12. The number of hydrogen-bond acceptors (Lipinski definition) is 3. The molecule has 5 nitrogen and oxygen atoms in total. The van der Waals surface area contributed by atoms with Crippen LogP contribution in [0.2, 0.25) is 5.02 Å². The molecule has 1 aromatic carbocycles. The van der Waals surface area contributed by atoms with Crippen LogP contribution in [0.4, 0.5) is 18.9 Å². The number of amides is 1. The van der Waals surface area contributed by atoms with Crippen molar-refractivity contribution in [2.24, 2.45) is 0 Å². The molecular weight excluding hydrogens is 383 g/mol. The van der Waals surface area contributed by atoms with Crippen molar-refractivity contribution in [3.8, 4) is 5.69 Å². The van der Waals surface area contributed by atoms with Crippen LogP contribution in [0.15, 0.2) is 24.3 Å². The van der Waals surface area contributed by atoms with Crippen LogP contribution in [0, 0.1) is 0 Å². The summed E-state index contributed by atoms with van der Waals surface area (Å²) in [5.41, 5.74) is 1.43. The van der Waals surface area contributed by atoms with E-state index in [4.69, 9.17) is 11.6 Å². The zero-order chi connectivity index (χ0) is 19.8. The Morgan fingerprint density at radius 3 is 2.41 bits per heavy atom. The van der Waals surface area contributed by atoms with E-state index in [-0.39, 0.29) is 28.8 Å². The topological polar surface area (TPSA) is 64.0 Å². The second-order valence-electron chi connectivity index (χ2n) is 6.60. The summed E-state index contributed by atoms with van der Waals surface area (Å²) in [5.74, 6) is -0.577. The van der Waals surface area contributed by atoms with Crippen LogP contribution in [0.3, 0.4) is 0 Å². The van der Waals surface area contributed by atoms with Gasteiger partial charge in [-0.25, -0.2) is 4.68 Å². The summed E-state index contributed by atoms with van der Waals surface area (Å²) in [5, 5.41) is 6.74. The number of carbonyl (C=O) groups excluding carboxylic acids is 2. The van der Waals surface area contributed by atoms with Crippen molar-refractivity contribution >= 4 is 29.0 Å². The highest BCUT2D eigenvalue weighted by Crippen LogP contribution is 2.45. The molecule has 1 fully saturated rings. The highest BCUT2D eigenvalue weighted by molar-refractivity contribution is 6.32. The molecule has 0 bridgehead atoms. The van der Waals surface area contributed by atoms with E-state index in [1.54, 1.807) is 24.3 Å². The predicted molar refractivity (Wildman–Crippen MR) is 94.2 cm³/mol. The van der Waals surface area contributed by atoms with Gasteiger partial charge in [-0.1, -0.05) is 11.6 Å². The largest absolute Gasteiger partial charge is 0.394 e. The van der Waals surface area contributed by atoms with Gasteiger partial charge >= 0.3 is 6.18 Å². The summed E-state index contributed by atoms with van der Waals surface area (Å²) in [6, 6.07) is 6.47. The van der Waals surface area contributed by atoms with Crippen LogP contribution in [0.25, 0.3) is 5.69 Å². The number of ketones is 1. The summed E-state index contributed by atoms with van der Waals surface area (Å²) in [6.07, 6.45) is -4.08. The first-order chi connectivity index (χ1) is 12.6. The van der Waals surface area contributed by atoms with Crippen LogP contribution in [-0.2, 0) is 16.0 Å². The van der Waals surface area contributed by atoms with E-state index in [2.05, 4.69) is 10.4 Å². The molecule has 2 aromatic rings. The maximum Gasteiger partial charge on any atom is 0.394 e. The quantitative estimate of drug-likeness (QED) is 0.731. The third-order valence-electron chi connectivity index (χ3n) is 4.06. The molecule has 1 saturated carbocycles. The van der Waals surface area contributed by atoms with Crippen molar-refractivity contribution in [3.05, 3.63) is 40.7 Å². The van der Waals surface area contributed by atoms with Gasteiger partial charge in [0.1, 0.15) is 5.78 Å². The molecule has 1 aliphatic rings. The van der Waals surface area contributed by atoms with Gasteiger partial charge in [0.05, 0.1) is 34.9 Å². The predicted octanol–water partition coefficient (Wildman–Crippen LogP) is 4.43. The minimum Gasteiger partial charge on any atom is -0.326 e. The average molecular weight is 400 g/mol. The molecule has 0 spiro atoms. The second kappa shape index (κ2) is 7.34. The molecule has 1 heterocycles. The van der Waals surface area contributed by atoms with Gasteiger partial charge < -0.3 is 5.32 Å². The van der Waals surface area contributed by atoms with Crippen LogP contribution in [0.5, 0.6) is 0 Å². The molecule has 0 aliphatic heterocycles. The summed E-state index contributed by atoms with van der Waals surface area (Å²) in [6.45, 7) is 1.32. The zero-order valence-corrected chi connectivity index (χ0v) is 15.2. The van der Waals surface area contributed by atoms with Crippen molar-refractivity contribution in [1.29, 1.82) is 0 Å². The Balaban J connectivity index is 1.86. The summed E-state index contributed by atoms with van der Waals surface area (Å²) >= 11 is 6.20. The highest BCUT2D eigenvalue weighted by atomic mass is 35.5. The molecule has 0 saturated heterocycles. The molecule has 0 atom stereocenters. The van der Waals surface area contributed by atoms with E-state index < -0.39 is 18.5 Å². The lowest BCUT2D eigenvalue weighted by atomic mass is 10.2. The van der Waals surface area contributed by atoms with E-state index in [0.29, 0.717) is 17.1 Å². The number of rotatable bonds is 6. The second-order valence-corrected chi connectivity index (χ2v) is 6.98. The van der Waals surface area contributed by atoms with Crippen LogP contribution in [0.1, 0.15) is 43.5 Å². The number of nitrogens with one attached hydrogen (secondary N) is 1. The maximum atomic E-state index is 12.8. The number of nitrogens with zero attached hydrogens (tertiary/aromatic N) is 2. The normalized spacial score (nSPS) is 14.3. The van der Waals surface area contributed by atoms with E-state index in [1.807, 2.05) is 0 Å². The third-order valence-corrected chi connectivity index (χ3v) is 4.48. The average Bonchev–Trinajstić information content (AvgIpc) is 3.32. The molecule has 27 heavy (non-hydrogen) atoms. The van der Waals surface area contributed by atoms with Gasteiger partial charge in [0, 0.05) is 11.6 Å². The van der Waals surface area contributed by atoms with Gasteiger partial charge in [0.2, 0.25) is 5.91 Å². The molecule has 1 amide bonds.